The van der Waals surface area contributed by atoms with Crippen molar-refractivity contribution in [3.8, 4) is 5.75 Å². The van der Waals surface area contributed by atoms with Gasteiger partial charge in [-0.2, -0.15) is 0 Å². The number of aryl methyl sites for hydroxylation is 1. The number of methoxy groups -OCH3 is 1. The molecular formula is C19H31N3O2. The molecule has 1 aromatic carbocycles. The van der Waals surface area contributed by atoms with Gasteiger partial charge >= 0.3 is 6.03 Å². The molecular weight excluding hydrogens is 302 g/mol. The zero-order chi connectivity index (χ0) is 17.4. The number of carbonyl (C=O) groups is 1. The number of hydrogen-bond donors (Lipinski definition) is 0. The van der Waals surface area contributed by atoms with Crippen LogP contribution >= 0.6 is 0 Å². The topological polar surface area (TPSA) is 36.0 Å². The quantitative estimate of drug-likeness (QED) is 0.770. The van der Waals surface area contributed by atoms with E-state index in [9.17, 15) is 4.79 Å². The summed E-state index contributed by atoms with van der Waals surface area (Å²) in [5.41, 5.74) is 1.27. The Morgan fingerprint density at radius 3 is 2.42 bits per heavy atom. The van der Waals surface area contributed by atoms with E-state index in [2.05, 4.69) is 17.0 Å². The molecule has 24 heavy (non-hydrogen) atoms. The number of hydrogen-bond acceptors (Lipinski definition) is 3. The predicted octanol–water partition coefficient (Wildman–Crippen LogP) is 2.71. The van der Waals surface area contributed by atoms with Crippen LogP contribution in [0, 0.1) is 0 Å². The summed E-state index contributed by atoms with van der Waals surface area (Å²) < 4.78 is 5.41. The van der Waals surface area contributed by atoms with Crippen molar-refractivity contribution in [2.75, 3.05) is 52.9 Å². The van der Waals surface area contributed by atoms with Gasteiger partial charge in [-0.3, -0.25) is 4.90 Å². The van der Waals surface area contributed by atoms with Crippen molar-refractivity contribution in [1.29, 1.82) is 0 Å². The lowest BCUT2D eigenvalue weighted by atomic mass is 10.1. The van der Waals surface area contributed by atoms with Crippen LogP contribution in [0.15, 0.2) is 24.3 Å². The largest absolute Gasteiger partial charge is 0.496 e. The highest BCUT2D eigenvalue weighted by Gasteiger charge is 2.23. The molecule has 1 saturated heterocycles. The summed E-state index contributed by atoms with van der Waals surface area (Å²) in [6, 6.07) is 8.42. The van der Waals surface area contributed by atoms with Crippen molar-refractivity contribution in [2.45, 2.75) is 26.7 Å². The molecule has 1 aliphatic heterocycles. The molecule has 0 saturated carbocycles. The molecule has 0 radical (unpaired) electrons. The Bertz CT molecular complexity index is 509. The van der Waals surface area contributed by atoms with E-state index in [-0.39, 0.29) is 6.03 Å². The first-order valence-corrected chi connectivity index (χ1v) is 9.07. The highest BCUT2D eigenvalue weighted by atomic mass is 16.5. The minimum atomic E-state index is 0.189. The second-order valence-electron chi connectivity index (χ2n) is 6.20. The van der Waals surface area contributed by atoms with E-state index in [1.165, 1.54) is 5.56 Å². The van der Waals surface area contributed by atoms with Crippen molar-refractivity contribution in [2.24, 2.45) is 0 Å². The fraction of sp³-hybridized carbons (Fsp3) is 0.632. The van der Waals surface area contributed by atoms with E-state index < -0.39 is 0 Å². The van der Waals surface area contributed by atoms with Gasteiger partial charge in [-0.25, -0.2) is 4.79 Å². The van der Waals surface area contributed by atoms with Crippen LogP contribution < -0.4 is 4.74 Å². The van der Waals surface area contributed by atoms with Crippen LogP contribution in [0.1, 0.15) is 25.8 Å². The Hall–Kier alpha value is -1.75. The third-order valence-corrected chi connectivity index (χ3v) is 4.79. The third-order valence-electron chi connectivity index (χ3n) is 4.79. The summed E-state index contributed by atoms with van der Waals surface area (Å²) >= 11 is 0. The monoisotopic (exact) mass is 333 g/mol. The zero-order valence-electron chi connectivity index (χ0n) is 15.3. The second-order valence-corrected chi connectivity index (χ2v) is 6.20. The van der Waals surface area contributed by atoms with Crippen LogP contribution in [0.2, 0.25) is 0 Å². The minimum Gasteiger partial charge on any atom is -0.496 e. The van der Waals surface area contributed by atoms with Gasteiger partial charge in [0.2, 0.25) is 0 Å². The molecule has 1 aliphatic rings. The van der Waals surface area contributed by atoms with E-state index in [4.69, 9.17) is 4.74 Å². The van der Waals surface area contributed by atoms with Crippen molar-refractivity contribution < 1.29 is 9.53 Å². The van der Waals surface area contributed by atoms with Crippen LogP contribution in [-0.4, -0.2) is 73.7 Å². The van der Waals surface area contributed by atoms with E-state index in [1.54, 1.807) is 7.11 Å². The molecule has 1 fully saturated rings. The summed E-state index contributed by atoms with van der Waals surface area (Å²) in [4.78, 5) is 18.7. The number of amides is 2. The van der Waals surface area contributed by atoms with Crippen LogP contribution in [-0.2, 0) is 6.42 Å². The van der Waals surface area contributed by atoms with Gasteiger partial charge < -0.3 is 14.5 Å². The first kappa shape index (κ1) is 18.6. The van der Waals surface area contributed by atoms with E-state index >= 15 is 0 Å². The van der Waals surface area contributed by atoms with Crippen LogP contribution in [0.5, 0.6) is 5.75 Å². The maximum atomic E-state index is 12.4. The molecule has 1 heterocycles. The number of nitrogens with zero attached hydrogens (tertiary/aromatic N) is 3. The standard InChI is InChI=1S/C19H31N3O2/c1-4-21(5-2)19(23)22-15-13-20(14-16-22)12-8-10-17-9-6-7-11-18(17)24-3/h6-7,9,11H,4-5,8,10,12-16H2,1-3H3. The van der Waals surface area contributed by atoms with Gasteiger partial charge in [0, 0.05) is 39.3 Å². The summed E-state index contributed by atoms with van der Waals surface area (Å²) in [5.74, 6) is 0.979. The fourth-order valence-corrected chi connectivity index (χ4v) is 3.26. The number of piperazine rings is 1. The van der Waals surface area contributed by atoms with Crippen LogP contribution in [0.4, 0.5) is 4.79 Å². The fourth-order valence-electron chi connectivity index (χ4n) is 3.26. The number of rotatable bonds is 7. The normalized spacial score (nSPS) is 15.4. The summed E-state index contributed by atoms with van der Waals surface area (Å²) in [6.07, 6.45) is 2.15. The van der Waals surface area contributed by atoms with E-state index in [0.29, 0.717) is 0 Å². The maximum Gasteiger partial charge on any atom is 0.320 e. The molecule has 0 bridgehead atoms. The molecule has 0 atom stereocenters. The summed E-state index contributed by atoms with van der Waals surface area (Å²) in [5, 5.41) is 0. The maximum absolute atomic E-state index is 12.4. The average molecular weight is 333 g/mol. The highest BCUT2D eigenvalue weighted by molar-refractivity contribution is 5.74. The zero-order valence-corrected chi connectivity index (χ0v) is 15.3. The molecule has 5 heteroatoms. The number of para-hydroxylation sites is 1. The number of benzene rings is 1. The Labute approximate surface area is 146 Å². The van der Waals surface area contributed by atoms with Gasteiger partial charge in [0.25, 0.3) is 0 Å². The van der Waals surface area contributed by atoms with Gasteiger partial charge in [-0.05, 0) is 44.9 Å². The number of ether oxygens (including phenoxy) is 1. The lowest BCUT2D eigenvalue weighted by Crippen LogP contribution is -2.52. The first-order valence-electron chi connectivity index (χ1n) is 9.07. The van der Waals surface area contributed by atoms with Crippen LogP contribution in [0.3, 0.4) is 0 Å². The Morgan fingerprint density at radius 2 is 1.79 bits per heavy atom. The van der Waals surface area contributed by atoms with Crippen LogP contribution in [0.25, 0.3) is 0 Å². The van der Waals surface area contributed by atoms with Gasteiger partial charge in [-0.1, -0.05) is 18.2 Å². The molecule has 5 nitrogen and oxygen atoms in total. The molecule has 0 spiro atoms. The minimum absolute atomic E-state index is 0.189. The number of urea groups is 1. The molecule has 0 unspecified atom stereocenters. The summed E-state index contributed by atoms with van der Waals surface area (Å²) in [6.45, 7) is 10.3. The molecule has 0 aliphatic carbocycles. The molecule has 2 rings (SSSR count). The molecule has 0 N–H and O–H groups in total. The third kappa shape index (κ3) is 4.87. The van der Waals surface area contributed by atoms with Crippen molar-refractivity contribution in [1.82, 2.24) is 14.7 Å². The SMILES string of the molecule is CCN(CC)C(=O)N1CCN(CCCc2ccccc2OC)CC1. The second kappa shape index (κ2) is 9.52. The lowest BCUT2D eigenvalue weighted by molar-refractivity contribution is 0.114. The van der Waals surface area contributed by atoms with Crippen molar-refractivity contribution >= 4 is 6.03 Å². The summed E-state index contributed by atoms with van der Waals surface area (Å²) in [7, 11) is 1.73. The van der Waals surface area contributed by atoms with Gasteiger partial charge in [-0.15, -0.1) is 0 Å². The molecule has 2 amide bonds. The number of carbonyl (C=O) groups excluding carboxylic acids is 1. The van der Waals surface area contributed by atoms with Crippen molar-refractivity contribution in [3.05, 3.63) is 29.8 Å². The smallest absolute Gasteiger partial charge is 0.320 e. The predicted molar refractivity (Wildman–Crippen MR) is 97.6 cm³/mol. The average Bonchev–Trinajstić information content (AvgIpc) is 2.63. The molecule has 1 aromatic rings. The van der Waals surface area contributed by atoms with Gasteiger partial charge in [0.15, 0.2) is 0 Å². The Balaban J connectivity index is 1.72. The first-order chi connectivity index (χ1) is 11.7. The Kier molecular flexibility index (Phi) is 7.37. The Morgan fingerprint density at radius 1 is 1.12 bits per heavy atom. The van der Waals surface area contributed by atoms with E-state index in [0.717, 1.165) is 64.4 Å². The molecule has 134 valence electrons. The van der Waals surface area contributed by atoms with E-state index in [1.807, 2.05) is 35.8 Å². The van der Waals surface area contributed by atoms with Gasteiger partial charge in [0.1, 0.15) is 5.75 Å². The molecule has 0 aromatic heterocycles. The van der Waals surface area contributed by atoms with Crippen molar-refractivity contribution in [3.63, 3.8) is 0 Å². The highest BCUT2D eigenvalue weighted by Crippen LogP contribution is 2.19. The lowest BCUT2D eigenvalue weighted by Gasteiger charge is -2.37. The van der Waals surface area contributed by atoms with Gasteiger partial charge in [0.05, 0.1) is 7.11 Å².